The van der Waals surface area contributed by atoms with Crippen molar-refractivity contribution in [3.05, 3.63) is 204 Å². The second kappa shape index (κ2) is 11.7. The van der Waals surface area contributed by atoms with Crippen LogP contribution in [0.15, 0.2) is 181 Å². The Labute approximate surface area is 311 Å². The van der Waals surface area contributed by atoms with Gasteiger partial charge in [-0.2, -0.15) is 0 Å². The van der Waals surface area contributed by atoms with E-state index >= 15 is 0 Å². The summed E-state index contributed by atoms with van der Waals surface area (Å²) in [6.45, 7) is 0. The van der Waals surface area contributed by atoms with Crippen molar-refractivity contribution in [1.29, 1.82) is 0 Å². The number of aromatic nitrogens is 2. The lowest BCUT2D eigenvalue weighted by Crippen LogP contribution is -2.32. The molecule has 0 unspecified atom stereocenters. The molecule has 0 bridgehead atoms. The minimum atomic E-state index is -0.523. The molecule has 0 fully saturated rings. The molecule has 0 saturated heterocycles. The van der Waals surface area contributed by atoms with Crippen LogP contribution in [0.5, 0.6) is 11.5 Å². The molecule has 0 atom stereocenters. The van der Waals surface area contributed by atoms with Gasteiger partial charge in [-0.25, -0.2) is 9.97 Å². The smallest absolute Gasteiger partial charge is 0.160 e. The Hall–Kier alpha value is -6.62. The number of rotatable bonds is 4. The molecule has 53 heavy (non-hydrogen) atoms. The summed E-state index contributed by atoms with van der Waals surface area (Å²) >= 11 is 1.80. The normalized spacial score (nSPS) is 13.2. The summed E-state index contributed by atoms with van der Waals surface area (Å²) in [4.78, 5) is 10.1. The number of nitrogens with zero attached hydrogens (tertiary/aromatic N) is 2. The molecule has 2 aliphatic rings. The summed E-state index contributed by atoms with van der Waals surface area (Å²) in [5, 5.41) is 3.51. The van der Waals surface area contributed by atoms with Crippen LogP contribution in [-0.4, -0.2) is 9.97 Å². The quantitative estimate of drug-likeness (QED) is 0.184. The summed E-state index contributed by atoms with van der Waals surface area (Å²) in [6, 6.07) is 62.6. The molecular formula is C49H30N2OS. The van der Waals surface area contributed by atoms with Crippen LogP contribution in [0.4, 0.5) is 0 Å². The topological polar surface area (TPSA) is 35.0 Å². The maximum absolute atomic E-state index is 6.60. The highest BCUT2D eigenvalue weighted by molar-refractivity contribution is 7.17. The lowest BCUT2D eigenvalue weighted by atomic mass is 9.66. The van der Waals surface area contributed by atoms with Crippen molar-refractivity contribution in [1.82, 2.24) is 9.97 Å². The van der Waals surface area contributed by atoms with Gasteiger partial charge in [-0.15, -0.1) is 11.3 Å². The van der Waals surface area contributed by atoms with Crippen LogP contribution in [0, 0.1) is 0 Å². The lowest BCUT2D eigenvalue weighted by molar-refractivity contribution is 0.436. The average molecular weight is 695 g/mol. The molecule has 0 saturated carbocycles. The van der Waals surface area contributed by atoms with Gasteiger partial charge in [0.05, 0.1) is 16.8 Å². The highest BCUT2D eigenvalue weighted by Crippen LogP contribution is 2.63. The Morgan fingerprint density at radius 1 is 0.434 bits per heavy atom. The van der Waals surface area contributed by atoms with Gasteiger partial charge in [0.2, 0.25) is 0 Å². The van der Waals surface area contributed by atoms with E-state index in [9.17, 15) is 0 Å². The van der Waals surface area contributed by atoms with Crippen molar-refractivity contribution < 1.29 is 4.74 Å². The minimum absolute atomic E-state index is 0.523. The maximum atomic E-state index is 6.60. The average Bonchev–Trinajstić information content (AvgIpc) is 3.83. The standard InChI is InChI=1S/C49H30N2OS/c1-3-11-32(12-4-1)42-30-43(51-48(50-42)34-13-5-2-6-14-34)33-21-19-31(20-22-33)35-23-24-36-41(29-35)49(40-25-26-46-37(47(36)40)27-28-53-46)38-15-7-9-17-44(38)52-45-18-10-8-16-39(45)49/h1-30H. The van der Waals surface area contributed by atoms with Gasteiger partial charge in [-0.05, 0) is 75.2 Å². The van der Waals surface area contributed by atoms with Crippen molar-refractivity contribution in [2.45, 2.75) is 5.41 Å². The van der Waals surface area contributed by atoms with Gasteiger partial charge in [0.25, 0.3) is 0 Å². The fraction of sp³-hybridized carbons (Fsp3) is 0.0204. The Bertz CT molecular complexity index is 2760. The number of thiophene rings is 1. The third-order valence-corrected chi connectivity index (χ3v) is 11.8. The van der Waals surface area contributed by atoms with Crippen LogP contribution < -0.4 is 4.74 Å². The van der Waals surface area contributed by atoms with Crippen molar-refractivity contribution in [2.24, 2.45) is 0 Å². The first-order valence-corrected chi connectivity index (χ1v) is 18.8. The van der Waals surface area contributed by atoms with Crippen molar-refractivity contribution >= 4 is 21.4 Å². The summed E-state index contributed by atoms with van der Waals surface area (Å²) in [5.41, 5.74) is 14.2. The van der Waals surface area contributed by atoms with E-state index in [4.69, 9.17) is 14.7 Å². The van der Waals surface area contributed by atoms with E-state index in [2.05, 4.69) is 145 Å². The first kappa shape index (κ1) is 30.0. The Morgan fingerprint density at radius 3 is 1.72 bits per heavy atom. The molecule has 7 aromatic carbocycles. The molecule has 4 heteroatoms. The van der Waals surface area contributed by atoms with Gasteiger partial charge in [0.1, 0.15) is 11.5 Å². The van der Waals surface area contributed by atoms with Crippen molar-refractivity contribution in [3.8, 4) is 67.7 Å². The molecule has 0 radical (unpaired) electrons. The number of hydrogen-bond acceptors (Lipinski definition) is 4. The molecule has 3 heterocycles. The van der Waals surface area contributed by atoms with Gasteiger partial charge in [-0.1, -0.05) is 140 Å². The third-order valence-electron chi connectivity index (χ3n) is 10.9. The van der Waals surface area contributed by atoms with E-state index in [1.807, 2.05) is 36.4 Å². The first-order chi connectivity index (χ1) is 26.3. The number of fused-ring (bicyclic) bond motifs is 11. The van der Waals surface area contributed by atoms with Crippen molar-refractivity contribution in [2.75, 3.05) is 0 Å². The van der Waals surface area contributed by atoms with E-state index in [0.29, 0.717) is 5.82 Å². The van der Waals surface area contributed by atoms with E-state index < -0.39 is 5.41 Å². The molecular weight excluding hydrogens is 665 g/mol. The zero-order valence-electron chi connectivity index (χ0n) is 28.5. The number of ether oxygens (including phenoxy) is 1. The highest BCUT2D eigenvalue weighted by Gasteiger charge is 2.51. The number of hydrogen-bond donors (Lipinski definition) is 0. The molecule has 1 aliphatic heterocycles. The number of benzene rings is 7. The summed E-state index contributed by atoms with van der Waals surface area (Å²) in [7, 11) is 0. The molecule has 3 nitrogen and oxygen atoms in total. The van der Waals surface area contributed by atoms with E-state index in [-0.39, 0.29) is 0 Å². The number of para-hydroxylation sites is 2. The first-order valence-electron chi connectivity index (χ1n) is 17.9. The van der Waals surface area contributed by atoms with Crippen molar-refractivity contribution in [3.63, 3.8) is 0 Å². The Morgan fingerprint density at radius 2 is 1.02 bits per heavy atom. The monoisotopic (exact) mass is 694 g/mol. The zero-order valence-corrected chi connectivity index (χ0v) is 29.3. The van der Waals surface area contributed by atoms with Gasteiger partial charge in [0.15, 0.2) is 5.82 Å². The fourth-order valence-corrected chi connectivity index (χ4v) is 9.31. The second-order valence-electron chi connectivity index (χ2n) is 13.7. The Balaban J connectivity index is 1.08. The van der Waals surface area contributed by atoms with Crippen LogP contribution in [0.2, 0.25) is 0 Å². The molecule has 2 aromatic heterocycles. The highest BCUT2D eigenvalue weighted by atomic mass is 32.1. The van der Waals surface area contributed by atoms with E-state index in [1.54, 1.807) is 11.3 Å². The molecule has 0 amide bonds. The van der Waals surface area contributed by atoms with Gasteiger partial charge in [0, 0.05) is 37.9 Å². The largest absolute Gasteiger partial charge is 0.457 e. The fourth-order valence-electron chi connectivity index (χ4n) is 8.52. The van der Waals surface area contributed by atoms with Gasteiger partial charge in [-0.3, -0.25) is 0 Å². The van der Waals surface area contributed by atoms with Crippen LogP contribution in [0.1, 0.15) is 22.3 Å². The summed E-state index contributed by atoms with van der Waals surface area (Å²) in [5.74, 6) is 2.52. The molecule has 9 aromatic rings. The van der Waals surface area contributed by atoms with Crippen LogP contribution in [-0.2, 0) is 5.41 Å². The lowest BCUT2D eigenvalue weighted by Gasteiger charge is -2.39. The predicted octanol–water partition coefficient (Wildman–Crippen LogP) is 12.8. The molecule has 1 spiro atoms. The van der Waals surface area contributed by atoms with Gasteiger partial charge < -0.3 is 4.74 Å². The zero-order chi connectivity index (χ0) is 34.9. The third kappa shape index (κ3) is 4.52. The van der Waals surface area contributed by atoms with E-state index in [1.165, 1.54) is 49.0 Å². The van der Waals surface area contributed by atoms with Crippen LogP contribution >= 0.6 is 11.3 Å². The SMILES string of the molecule is c1ccc(-c2cc(-c3ccc(-c4ccc5c(c4)C4(c6ccccc6Oc6ccccc64)c4ccc6sccc6c4-5)cc3)nc(-c3ccccc3)n2)cc1. The Kier molecular flexibility index (Phi) is 6.64. The predicted molar refractivity (Wildman–Crippen MR) is 217 cm³/mol. The van der Waals surface area contributed by atoms with Crippen LogP contribution in [0.3, 0.4) is 0 Å². The van der Waals surface area contributed by atoms with Gasteiger partial charge >= 0.3 is 0 Å². The maximum Gasteiger partial charge on any atom is 0.160 e. The summed E-state index contributed by atoms with van der Waals surface area (Å²) < 4.78 is 7.90. The molecule has 0 N–H and O–H groups in total. The summed E-state index contributed by atoms with van der Waals surface area (Å²) in [6.07, 6.45) is 0. The molecule has 1 aliphatic carbocycles. The molecule has 11 rings (SSSR count). The molecule has 248 valence electrons. The van der Waals surface area contributed by atoms with Crippen LogP contribution in [0.25, 0.3) is 66.2 Å². The second-order valence-corrected chi connectivity index (χ2v) is 14.6. The van der Waals surface area contributed by atoms with E-state index in [0.717, 1.165) is 45.1 Å². The minimum Gasteiger partial charge on any atom is -0.457 e.